The quantitative estimate of drug-likeness (QED) is 0.851. The molecule has 2 rings (SSSR count). The molecule has 96 valence electrons. The summed E-state index contributed by atoms with van der Waals surface area (Å²) in [5.41, 5.74) is 8.11. The lowest BCUT2D eigenvalue weighted by atomic mass is 10.2. The van der Waals surface area contributed by atoms with E-state index in [-0.39, 0.29) is 0 Å². The highest BCUT2D eigenvalue weighted by Gasteiger charge is 2.34. The lowest BCUT2D eigenvalue weighted by Gasteiger charge is -2.19. The summed E-state index contributed by atoms with van der Waals surface area (Å²) in [7, 11) is 4.10. The van der Waals surface area contributed by atoms with Crippen LogP contribution in [0.25, 0.3) is 0 Å². The Balaban J connectivity index is 2.13. The molecule has 2 atom stereocenters. The molecular formula is C13H24N4. The summed E-state index contributed by atoms with van der Waals surface area (Å²) in [6.45, 7) is 5.56. The van der Waals surface area contributed by atoms with Crippen LogP contribution in [0.1, 0.15) is 32.4 Å². The summed E-state index contributed by atoms with van der Waals surface area (Å²) in [5.74, 6) is 2.79. The van der Waals surface area contributed by atoms with Crippen LogP contribution < -0.4 is 10.6 Å². The minimum Gasteiger partial charge on any atom is -0.394 e. The number of rotatable bonds is 5. The van der Waals surface area contributed by atoms with E-state index in [9.17, 15) is 0 Å². The van der Waals surface area contributed by atoms with Gasteiger partial charge in [0.2, 0.25) is 0 Å². The number of nitrogens with two attached hydrogens (primary N) is 1. The Morgan fingerprint density at radius 1 is 1.53 bits per heavy atom. The molecule has 1 aliphatic carbocycles. The molecule has 0 amide bonds. The Morgan fingerprint density at radius 3 is 2.71 bits per heavy atom. The number of anilines is 2. The van der Waals surface area contributed by atoms with E-state index in [2.05, 4.69) is 30.9 Å². The first kappa shape index (κ1) is 12.3. The fourth-order valence-corrected chi connectivity index (χ4v) is 2.55. The van der Waals surface area contributed by atoms with Crippen LogP contribution in [-0.2, 0) is 13.5 Å². The van der Waals surface area contributed by atoms with Gasteiger partial charge >= 0.3 is 0 Å². The van der Waals surface area contributed by atoms with Crippen molar-refractivity contribution in [2.45, 2.75) is 33.1 Å². The zero-order valence-electron chi connectivity index (χ0n) is 11.4. The molecule has 0 bridgehead atoms. The number of aryl methyl sites for hydroxylation is 2. The van der Waals surface area contributed by atoms with E-state index < -0.39 is 0 Å². The van der Waals surface area contributed by atoms with E-state index in [1.54, 1.807) is 0 Å². The molecule has 1 saturated carbocycles. The van der Waals surface area contributed by atoms with Crippen molar-refractivity contribution in [2.75, 3.05) is 24.2 Å². The molecule has 0 spiro atoms. The first-order chi connectivity index (χ1) is 8.04. The van der Waals surface area contributed by atoms with Crippen molar-refractivity contribution in [3.05, 3.63) is 5.69 Å². The Kier molecular flexibility index (Phi) is 3.31. The van der Waals surface area contributed by atoms with E-state index in [0.717, 1.165) is 48.4 Å². The summed E-state index contributed by atoms with van der Waals surface area (Å²) >= 11 is 0. The zero-order valence-corrected chi connectivity index (χ0v) is 11.4. The molecule has 4 nitrogen and oxygen atoms in total. The second-order valence-corrected chi connectivity index (χ2v) is 5.41. The average Bonchev–Trinajstić information content (AvgIpc) is 2.85. The third-order valence-electron chi connectivity index (χ3n) is 3.76. The van der Waals surface area contributed by atoms with Gasteiger partial charge in [0.1, 0.15) is 5.82 Å². The van der Waals surface area contributed by atoms with Crippen molar-refractivity contribution >= 4 is 11.5 Å². The minimum absolute atomic E-state index is 0.837. The SMILES string of the molecule is CCCc1nn(C)c(N(C)CC2CC2C)c1N. The van der Waals surface area contributed by atoms with Crippen molar-refractivity contribution in [1.29, 1.82) is 0 Å². The molecule has 1 aromatic heterocycles. The van der Waals surface area contributed by atoms with Crippen molar-refractivity contribution in [3.8, 4) is 0 Å². The smallest absolute Gasteiger partial charge is 0.150 e. The van der Waals surface area contributed by atoms with Gasteiger partial charge in [-0.15, -0.1) is 0 Å². The highest BCUT2D eigenvalue weighted by molar-refractivity contribution is 5.66. The summed E-state index contributed by atoms with van der Waals surface area (Å²) < 4.78 is 1.92. The molecule has 17 heavy (non-hydrogen) atoms. The summed E-state index contributed by atoms with van der Waals surface area (Å²) in [6, 6.07) is 0. The summed E-state index contributed by atoms with van der Waals surface area (Å²) in [5, 5.41) is 4.52. The van der Waals surface area contributed by atoms with E-state index in [1.807, 2.05) is 11.7 Å². The third kappa shape index (κ3) is 2.40. The second-order valence-electron chi connectivity index (χ2n) is 5.41. The Morgan fingerprint density at radius 2 is 2.18 bits per heavy atom. The normalized spacial score (nSPS) is 22.8. The lowest BCUT2D eigenvalue weighted by Crippen LogP contribution is -2.23. The van der Waals surface area contributed by atoms with Crippen LogP contribution in [0.15, 0.2) is 0 Å². The molecule has 2 N–H and O–H groups in total. The molecule has 0 aliphatic heterocycles. The average molecular weight is 236 g/mol. The van der Waals surface area contributed by atoms with Crippen LogP contribution in [0.2, 0.25) is 0 Å². The van der Waals surface area contributed by atoms with Crippen molar-refractivity contribution in [1.82, 2.24) is 9.78 Å². The first-order valence-corrected chi connectivity index (χ1v) is 6.57. The van der Waals surface area contributed by atoms with Crippen LogP contribution >= 0.6 is 0 Å². The highest BCUT2D eigenvalue weighted by Crippen LogP contribution is 2.39. The first-order valence-electron chi connectivity index (χ1n) is 6.57. The number of hydrogen-bond donors (Lipinski definition) is 1. The van der Waals surface area contributed by atoms with E-state index >= 15 is 0 Å². The van der Waals surface area contributed by atoms with Gasteiger partial charge in [-0.05, 0) is 24.7 Å². The Bertz CT molecular complexity index is 396. The van der Waals surface area contributed by atoms with Crippen LogP contribution in [0.4, 0.5) is 11.5 Å². The molecule has 1 heterocycles. The van der Waals surface area contributed by atoms with Crippen molar-refractivity contribution < 1.29 is 0 Å². The fraction of sp³-hybridized carbons (Fsp3) is 0.769. The summed E-state index contributed by atoms with van der Waals surface area (Å²) in [4.78, 5) is 2.26. The number of hydrogen-bond acceptors (Lipinski definition) is 3. The maximum absolute atomic E-state index is 6.20. The van der Waals surface area contributed by atoms with Gasteiger partial charge in [0, 0.05) is 20.6 Å². The maximum atomic E-state index is 6.20. The van der Waals surface area contributed by atoms with Crippen LogP contribution in [-0.4, -0.2) is 23.4 Å². The lowest BCUT2D eigenvalue weighted by molar-refractivity contribution is 0.677. The predicted molar refractivity (Wildman–Crippen MR) is 72.2 cm³/mol. The van der Waals surface area contributed by atoms with Gasteiger partial charge in [-0.25, -0.2) is 0 Å². The van der Waals surface area contributed by atoms with E-state index in [4.69, 9.17) is 5.73 Å². The molecule has 0 radical (unpaired) electrons. The largest absolute Gasteiger partial charge is 0.394 e. The summed E-state index contributed by atoms with van der Waals surface area (Å²) in [6.07, 6.45) is 3.40. The van der Waals surface area contributed by atoms with Crippen molar-refractivity contribution in [3.63, 3.8) is 0 Å². The predicted octanol–water partition coefficient (Wildman–Crippen LogP) is 2.05. The van der Waals surface area contributed by atoms with Crippen molar-refractivity contribution in [2.24, 2.45) is 18.9 Å². The molecule has 0 saturated heterocycles. The molecule has 1 aromatic rings. The highest BCUT2D eigenvalue weighted by atomic mass is 15.4. The minimum atomic E-state index is 0.837. The van der Waals surface area contributed by atoms with Crippen LogP contribution in [0.3, 0.4) is 0 Å². The molecule has 1 fully saturated rings. The topological polar surface area (TPSA) is 47.1 Å². The van der Waals surface area contributed by atoms with E-state index in [0.29, 0.717) is 0 Å². The van der Waals surface area contributed by atoms with Gasteiger partial charge < -0.3 is 10.6 Å². The van der Waals surface area contributed by atoms with Gasteiger partial charge in [0.15, 0.2) is 0 Å². The monoisotopic (exact) mass is 236 g/mol. The van der Waals surface area contributed by atoms with Gasteiger partial charge in [0.05, 0.1) is 11.4 Å². The van der Waals surface area contributed by atoms with E-state index in [1.165, 1.54) is 6.42 Å². The van der Waals surface area contributed by atoms with Crippen LogP contribution in [0.5, 0.6) is 0 Å². The molecule has 2 unspecified atom stereocenters. The number of aromatic nitrogens is 2. The maximum Gasteiger partial charge on any atom is 0.150 e. The number of nitrogen functional groups attached to an aromatic ring is 1. The van der Waals surface area contributed by atoms with Gasteiger partial charge in [-0.2, -0.15) is 5.10 Å². The number of nitrogens with zero attached hydrogens (tertiary/aromatic N) is 3. The molecule has 1 aliphatic rings. The second kappa shape index (κ2) is 4.59. The Labute approximate surface area is 104 Å². The zero-order chi connectivity index (χ0) is 12.6. The molecule has 4 heteroatoms. The van der Waals surface area contributed by atoms with Gasteiger partial charge in [0.25, 0.3) is 0 Å². The standard InChI is InChI=1S/C13H24N4/c1-5-6-11-12(14)13(17(4)15-11)16(3)8-10-7-9(10)2/h9-10H,5-8,14H2,1-4H3. The molecule has 0 aromatic carbocycles. The third-order valence-corrected chi connectivity index (χ3v) is 3.76. The fourth-order valence-electron chi connectivity index (χ4n) is 2.55. The van der Waals surface area contributed by atoms with Gasteiger partial charge in [-0.1, -0.05) is 20.3 Å². The van der Waals surface area contributed by atoms with Gasteiger partial charge in [-0.3, -0.25) is 4.68 Å². The Hall–Kier alpha value is -1.19. The molecular weight excluding hydrogens is 212 g/mol. The van der Waals surface area contributed by atoms with Crippen LogP contribution in [0, 0.1) is 11.8 Å².